The second-order valence-electron chi connectivity index (χ2n) is 6.70. The number of aromatic amines is 1. The van der Waals surface area contributed by atoms with Crippen LogP contribution in [0, 0.1) is 6.92 Å². The smallest absolute Gasteiger partial charge is 0.249 e. The molecule has 0 aliphatic rings. The third kappa shape index (κ3) is 3.03. The second-order valence-corrected chi connectivity index (χ2v) is 7.10. The molecule has 0 bridgehead atoms. The van der Waals surface area contributed by atoms with Crippen molar-refractivity contribution in [2.24, 2.45) is 0 Å². The fourth-order valence-corrected chi connectivity index (χ4v) is 3.63. The van der Waals surface area contributed by atoms with Crippen LogP contribution in [0.5, 0.6) is 0 Å². The molecule has 29 heavy (non-hydrogen) atoms. The summed E-state index contributed by atoms with van der Waals surface area (Å²) >= 11 is 6.55. The monoisotopic (exact) mass is 399 g/mol. The lowest BCUT2D eigenvalue weighted by molar-refractivity contribution is 1.19. The summed E-state index contributed by atoms with van der Waals surface area (Å²) in [5, 5.41) is 1.50. The molecule has 4 heterocycles. The van der Waals surface area contributed by atoms with Crippen LogP contribution in [0.1, 0.15) is 5.56 Å². The van der Waals surface area contributed by atoms with Gasteiger partial charge in [-0.25, -0.2) is 9.97 Å². The van der Waals surface area contributed by atoms with Crippen LogP contribution in [0.2, 0.25) is 5.02 Å². The Morgan fingerprint density at radius 3 is 2.52 bits per heavy atom. The van der Waals surface area contributed by atoms with E-state index in [1.165, 1.54) is 6.07 Å². The third-order valence-electron chi connectivity index (χ3n) is 4.80. The molecule has 0 spiro atoms. The van der Waals surface area contributed by atoms with E-state index in [9.17, 15) is 4.79 Å². The maximum Gasteiger partial charge on any atom is 0.249 e. The molecule has 0 saturated carbocycles. The van der Waals surface area contributed by atoms with Gasteiger partial charge in [-0.05, 0) is 48.9 Å². The Labute approximate surface area is 170 Å². The van der Waals surface area contributed by atoms with Crippen molar-refractivity contribution >= 4 is 33.7 Å². The minimum Gasteiger partial charge on any atom is -0.305 e. The predicted octanol–water partition coefficient (Wildman–Crippen LogP) is 4.56. The topological polar surface area (TPSA) is 84.4 Å². The van der Waals surface area contributed by atoms with E-state index in [1.807, 2.05) is 37.3 Å². The molecule has 0 radical (unpaired) electrons. The fraction of sp³-hybridized carbons (Fsp3) is 0.0455. The van der Waals surface area contributed by atoms with E-state index in [-0.39, 0.29) is 5.56 Å². The van der Waals surface area contributed by atoms with E-state index in [0.29, 0.717) is 27.6 Å². The highest BCUT2D eigenvalue weighted by Crippen LogP contribution is 2.35. The molecule has 1 N–H and O–H groups in total. The number of nitrogens with zero attached hydrogens (tertiary/aromatic N) is 4. The summed E-state index contributed by atoms with van der Waals surface area (Å²) in [6.07, 6.45) is 5.14. The third-order valence-corrected chi connectivity index (χ3v) is 5.09. The quantitative estimate of drug-likeness (QED) is 0.470. The van der Waals surface area contributed by atoms with Gasteiger partial charge in [-0.3, -0.25) is 14.8 Å². The molecule has 0 atom stereocenters. The highest BCUT2D eigenvalue weighted by atomic mass is 35.5. The van der Waals surface area contributed by atoms with E-state index in [4.69, 9.17) is 21.6 Å². The molecule has 6 nitrogen and oxygen atoms in total. The summed E-state index contributed by atoms with van der Waals surface area (Å²) in [5.41, 5.74) is 5.59. The van der Waals surface area contributed by atoms with Crippen LogP contribution in [-0.4, -0.2) is 24.9 Å². The second kappa shape index (κ2) is 6.76. The number of halogens is 1. The minimum atomic E-state index is -0.226. The normalized spacial score (nSPS) is 11.2. The highest BCUT2D eigenvalue weighted by molar-refractivity contribution is 6.35. The molecule has 140 valence electrons. The van der Waals surface area contributed by atoms with Gasteiger partial charge in [-0.15, -0.1) is 0 Å². The summed E-state index contributed by atoms with van der Waals surface area (Å²) in [4.78, 5) is 32.5. The molecule has 7 heteroatoms. The van der Waals surface area contributed by atoms with Crippen molar-refractivity contribution in [3.8, 4) is 22.5 Å². The zero-order chi connectivity index (χ0) is 20.0. The number of aryl methyl sites for hydroxylation is 1. The van der Waals surface area contributed by atoms with Crippen molar-refractivity contribution in [3.63, 3.8) is 0 Å². The Hall–Kier alpha value is -3.64. The van der Waals surface area contributed by atoms with Gasteiger partial charge in [0.15, 0.2) is 5.65 Å². The zero-order valence-corrected chi connectivity index (χ0v) is 16.1. The van der Waals surface area contributed by atoms with Crippen molar-refractivity contribution in [3.05, 3.63) is 82.0 Å². The lowest BCUT2D eigenvalue weighted by atomic mass is 10.0. The van der Waals surface area contributed by atoms with Crippen molar-refractivity contribution in [1.29, 1.82) is 0 Å². The van der Waals surface area contributed by atoms with Crippen molar-refractivity contribution in [2.45, 2.75) is 6.92 Å². The average Bonchev–Trinajstić information content (AvgIpc) is 2.74. The number of hydrogen-bond donors (Lipinski definition) is 1. The molecule has 5 aromatic rings. The van der Waals surface area contributed by atoms with Crippen molar-refractivity contribution in [1.82, 2.24) is 24.9 Å². The molecule has 0 saturated heterocycles. The molecular weight excluding hydrogens is 386 g/mol. The van der Waals surface area contributed by atoms with Crippen LogP contribution in [0.15, 0.2) is 65.8 Å². The molecule has 5 rings (SSSR count). The summed E-state index contributed by atoms with van der Waals surface area (Å²) in [6, 6.07) is 12.6. The minimum absolute atomic E-state index is 0.226. The van der Waals surface area contributed by atoms with Crippen LogP contribution >= 0.6 is 11.6 Å². The number of pyridine rings is 3. The van der Waals surface area contributed by atoms with Gasteiger partial charge in [0.1, 0.15) is 5.52 Å². The molecule has 0 fully saturated rings. The van der Waals surface area contributed by atoms with Gasteiger partial charge in [0.25, 0.3) is 0 Å². The van der Waals surface area contributed by atoms with Crippen LogP contribution < -0.4 is 5.56 Å². The van der Waals surface area contributed by atoms with Gasteiger partial charge in [-0.2, -0.15) is 0 Å². The van der Waals surface area contributed by atoms with Gasteiger partial charge in [0.2, 0.25) is 5.56 Å². The van der Waals surface area contributed by atoms with Crippen LogP contribution in [-0.2, 0) is 0 Å². The van der Waals surface area contributed by atoms with Crippen molar-refractivity contribution < 1.29 is 0 Å². The maximum atomic E-state index is 11.8. The van der Waals surface area contributed by atoms with Crippen LogP contribution in [0.25, 0.3) is 44.6 Å². The molecule has 1 aromatic carbocycles. The Morgan fingerprint density at radius 2 is 1.69 bits per heavy atom. The van der Waals surface area contributed by atoms with Crippen LogP contribution in [0.3, 0.4) is 0 Å². The zero-order valence-electron chi connectivity index (χ0n) is 15.3. The number of benzene rings is 1. The van der Waals surface area contributed by atoms with E-state index >= 15 is 0 Å². The summed E-state index contributed by atoms with van der Waals surface area (Å²) in [7, 11) is 0. The number of aromatic nitrogens is 5. The average molecular weight is 400 g/mol. The Balaban J connectivity index is 1.87. The van der Waals surface area contributed by atoms with Crippen molar-refractivity contribution in [2.75, 3.05) is 0 Å². The fourth-order valence-electron chi connectivity index (χ4n) is 3.36. The van der Waals surface area contributed by atoms with Gasteiger partial charge < -0.3 is 4.98 Å². The number of fused-ring (bicyclic) bond motifs is 2. The predicted molar refractivity (Wildman–Crippen MR) is 114 cm³/mol. The molecular formula is C22H14ClN5O. The molecule has 0 amide bonds. The number of nitrogens with one attached hydrogen (secondary N) is 1. The van der Waals surface area contributed by atoms with E-state index < -0.39 is 0 Å². The number of rotatable bonds is 2. The largest absolute Gasteiger partial charge is 0.305 e. The van der Waals surface area contributed by atoms with E-state index in [0.717, 1.165) is 27.6 Å². The van der Waals surface area contributed by atoms with Gasteiger partial charge in [-0.1, -0.05) is 11.6 Å². The summed E-state index contributed by atoms with van der Waals surface area (Å²) in [5.74, 6) is 0. The Bertz CT molecular complexity index is 1450. The lowest BCUT2D eigenvalue weighted by Gasteiger charge is -2.12. The van der Waals surface area contributed by atoms with Gasteiger partial charge in [0, 0.05) is 41.2 Å². The number of H-pyrrole nitrogens is 1. The number of hydrogen-bond acceptors (Lipinski definition) is 5. The van der Waals surface area contributed by atoms with E-state index in [2.05, 4.69) is 15.0 Å². The first-order valence-electron chi connectivity index (χ1n) is 8.97. The van der Waals surface area contributed by atoms with E-state index in [1.54, 1.807) is 24.7 Å². The molecule has 4 aromatic heterocycles. The molecule has 0 aliphatic heterocycles. The molecule has 0 aliphatic carbocycles. The lowest BCUT2D eigenvalue weighted by Crippen LogP contribution is -2.06. The SMILES string of the molecule is Cc1ccnc2c(Cl)cc(-c3nc4ccc(=O)[nH]c4nc3-c3ccncc3)cc12. The molecule has 0 unspecified atom stereocenters. The Morgan fingerprint density at radius 1 is 0.897 bits per heavy atom. The first-order valence-corrected chi connectivity index (χ1v) is 9.35. The van der Waals surface area contributed by atoms with Gasteiger partial charge in [0.05, 0.1) is 21.9 Å². The first kappa shape index (κ1) is 17.5. The van der Waals surface area contributed by atoms with Crippen LogP contribution in [0.4, 0.5) is 0 Å². The first-order chi connectivity index (χ1) is 14.1. The summed E-state index contributed by atoms with van der Waals surface area (Å²) < 4.78 is 0. The highest BCUT2D eigenvalue weighted by Gasteiger charge is 2.16. The summed E-state index contributed by atoms with van der Waals surface area (Å²) in [6.45, 7) is 2.02. The standard InChI is InChI=1S/C22H14ClN5O/c1-12-4-9-25-21-15(12)10-14(11-16(21)23)20-19(13-5-7-24-8-6-13)28-22-17(26-20)2-3-18(29)27-22/h2-11H,1H3,(H,27,28,29). The van der Waals surface area contributed by atoms with Gasteiger partial charge >= 0.3 is 0 Å². The maximum absolute atomic E-state index is 11.8. The Kier molecular flexibility index (Phi) is 4.07.